The van der Waals surface area contributed by atoms with Crippen LogP contribution in [0, 0.1) is 20.8 Å². The third-order valence-electron chi connectivity index (χ3n) is 3.48. The minimum absolute atomic E-state index is 0.0631. The Morgan fingerprint density at radius 3 is 2.14 bits per heavy atom. The topological polar surface area (TPSA) is 110 Å². The summed E-state index contributed by atoms with van der Waals surface area (Å²) in [5.74, 6) is -1.27. The van der Waals surface area contributed by atoms with E-state index in [1.165, 1.54) is 0 Å². The largest absolute Gasteiger partial charge is 0.398 e. The van der Waals surface area contributed by atoms with Gasteiger partial charge >= 0.3 is 0 Å². The Labute approximate surface area is 123 Å². The number of sulfonamides is 1. The van der Waals surface area contributed by atoms with E-state index in [2.05, 4.69) is 5.32 Å². The second kappa shape index (κ2) is 5.12. The number of nitrogens with one attached hydrogen (secondary N) is 1. The highest BCUT2D eigenvalue weighted by molar-refractivity contribution is 7.89. The number of hydrogen-bond donors (Lipinski definition) is 2. The van der Waals surface area contributed by atoms with Crippen LogP contribution in [0.15, 0.2) is 11.0 Å². The number of nitrogen functional groups attached to an aromatic ring is 1. The molecule has 1 fully saturated rings. The van der Waals surface area contributed by atoms with E-state index in [1.54, 1.807) is 26.8 Å². The van der Waals surface area contributed by atoms with Crippen molar-refractivity contribution < 1.29 is 18.0 Å². The first kappa shape index (κ1) is 15.5. The van der Waals surface area contributed by atoms with Gasteiger partial charge in [-0.3, -0.25) is 14.9 Å². The quantitative estimate of drug-likeness (QED) is 0.582. The number of anilines is 1. The summed E-state index contributed by atoms with van der Waals surface area (Å²) in [7, 11) is -3.96. The lowest BCUT2D eigenvalue weighted by atomic mass is 10.1. The smallest absolute Gasteiger partial charge is 0.244 e. The van der Waals surface area contributed by atoms with Gasteiger partial charge < -0.3 is 5.73 Å². The molecule has 0 bridgehead atoms. The number of benzene rings is 1. The van der Waals surface area contributed by atoms with Gasteiger partial charge in [0, 0.05) is 5.69 Å². The molecule has 0 spiro atoms. The van der Waals surface area contributed by atoms with Crippen molar-refractivity contribution in [2.24, 2.45) is 0 Å². The Hall–Kier alpha value is -1.93. The second-order valence-electron chi connectivity index (χ2n) is 5.12. The molecule has 8 heteroatoms. The monoisotopic (exact) mass is 311 g/mol. The first-order valence-corrected chi connectivity index (χ1v) is 7.77. The highest BCUT2D eigenvalue weighted by Crippen LogP contribution is 2.30. The third-order valence-corrected chi connectivity index (χ3v) is 5.56. The number of imide groups is 1. The van der Waals surface area contributed by atoms with Crippen molar-refractivity contribution in [2.45, 2.75) is 25.7 Å². The van der Waals surface area contributed by atoms with E-state index < -0.39 is 21.8 Å². The maximum absolute atomic E-state index is 12.7. The van der Waals surface area contributed by atoms with Crippen molar-refractivity contribution >= 4 is 27.5 Å². The Morgan fingerprint density at radius 2 is 1.62 bits per heavy atom. The van der Waals surface area contributed by atoms with Crippen LogP contribution in [0.25, 0.3) is 0 Å². The number of hydrogen-bond acceptors (Lipinski definition) is 5. The third kappa shape index (κ3) is 2.64. The molecule has 0 aromatic heterocycles. The highest BCUT2D eigenvalue weighted by atomic mass is 32.2. The summed E-state index contributed by atoms with van der Waals surface area (Å²) >= 11 is 0. The predicted molar refractivity (Wildman–Crippen MR) is 77.0 cm³/mol. The fourth-order valence-electron chi connectivity index (χ4n) is 2.49. The van der Waals surface area contributed by atoms with Gasteiger partial charge in [-0.25, -0.2) is 8.42 Å². The lowest BCUT2D eigenvalue weighted by Gasteiger charge is -2.26. The Bertz CT molecular complexity index is 724. The van der Waals surface area contributed by atoms with Gasteiger partial charge in [-0.1, -0.05) is 6.07 Å². The number of aryl methyl sites for hydroxylation is 2. The summed E-state index contributed by atoms with van der Waals surface area (Å²) in [6.07, 6.45) is 0. The van der Waals surface area contributed by atoms with Crippen molar-refractivity contribution in [1.82, 2.24) is 9.62 Å². The number of piperazine rings is 1. The molecule has 0 saturated carbocycles. The standard InChI is InChI=1S/C13H17N3O4S/c1-7-4-8(2)13(9(3)12(7)14)21(19,20)16-5-10(17)15-11(18)6-16/h4H,5-6,14H2,1-3H3,(H,15,17,18). The van der Waals surface area contributed by atoms with Gasteiger partial charge in [0.2, 0.25) is 21.8 Å². The number of nitrogens with zero attached hydrogens (tertiary/aromatic N) is 1. The average molecular weight is 311 g/mol. The van der Waals surface area contributed by atoms with Crippen LogP contribution in [0.3, 0.4) is 0 Å². The van der Waals surface area contributed by atoms with Gasteiger partial charge in [0.15, 0.2) is 0 Å². The zero-order valence-electron chi connectivity index (χ0n) is 12.1. The predicted octanol–water partition coefficient (Wildman–Crippen LogP) is -0.159. The molecule has 0 unspecified atom stereocenters. The molecule has 1 aliphatic heterocycles. The maximum atomic E-state index is 12.7. The molecule has 3 N–H and O–H groups in total. The van der Waals surface area contributed by atoms with Gasteiger partial charge in [-0.05, 0) is 37.5 Å². The summed E-state index contributed by atoms with van der Waals surface area (Å²) in [5, 5.41) is 2.07. The van der Waals surface area contributed by atoms with Crippen molar-refractivity contribution in [3.8, 4) is 0 Å². The molecule has 0 aliphatic carbocycles. The molecule has 21 heavy (non-hydrogen) atoms. The van der Waals surface area contributed by atoms with Crippen molar-refractivity contribution in [1.29, 1.82) is 0 Å². The maximum Gasteiger partial charge on any atom is 0.244 e. The van der Waals surface area contributed by atoms with E-state index >= 15 is 0 Å². The van der Waals surface area contributed by atoms with Gasteiger partial charge in [0.1, 0.15) is 0 Å². The Balaban J connectivity index is 2.57. The van der Waals surface area contributed by atoms with Crippen LogP contribution in [0.4, 0.5) is 5.69 Å². The van der Waals surface area contributed by atoms with Crippen LogP contribution < -0.4 is 11.1 Å². The average Bonchev–Trinajstić information content (AvgIpc) is 2.34. The van der Waals surface area contributed by atoms with E-state index in [-0.39, 0.29) is 18.0 Å². The van der Waals surface area contributed by atoms with E-state index in [1.807, 2.05) is 0 Å². The van der Waals surface area contributed by atoms with Gasteiger partial charge in [-0.15, -0.1) is 0 Å². The molecule has 1 aromatic carbocycles. The molecule has 1 aliphatic rings. The molecule has 1 saturated heterocycles. The van der Waals surface area contributed by atoms with Gasteiger partial charge in [0.25, 0.3) is 0 Å². The molecule has 7 nitrogen and oxygen atoms in total. The van der Waals surface area contributed by atoms with Crippen molar-refractivity contribution in [3.63, 3.8) is 0 Å². The van der Waals surface area contributed by atoms with Crippen LogP contribution >= 0.6 is 0 Å². The number of carbonyl (C=O) groups excluding carboxylic acids is 2. The van der Waals surface area contributed by atoms with Crippen LogP contribution in [-0.2, 0) is 19.6 Å². The van der Waals surface area contributed by atoms with E-state index in [0.717, 1.165) is 9.87 Å². The molecule has 0 radical (unpaired) electrons. The second-order valence-corrected chi connectivity index (χ2v) is 7.00. The summed E-state index contributed by atoms with van der Waals surface area (Å²) in [5.41, 5.74) is 8.06. The molecule has 1 aromatic rings. The van der Waals surface area contributed by atoms with Gasteiger partial charge in [0.05, 0.1) is 18.0 Å². The summed E-state index contributed by atoms with van der Waals surface area (Å²) in [4.78, 5) is 22.8. The number of nitrogens with two attached hydrogens (primary N) is 1. The van der Waals surface area contributed by atoms with Crippen LogP contribution in [0.1, 0.15) is 16.7 Å². The van der Waals surface area contributed by atoms with E-state index in [0.29, 0.717) is 16.8 Å². The van der Waals surface area contributed by atoms with E-state index in [9.17, 15) is 18.0 Å². The SMILES string of the molecule is Cc1cc(C)c(S(=O)(=O)N2CC(=O)NC(=O)C2)c(C)c1N. The molecule has 2 rings (SSSR count). The number of carbonyl (C=O) groups is 2. The molecular weight excluding hydrogens is 294 g/mol. The first-order valence-electron chi connectivity index (χ1n) is 6.33. The Morgan fingerprint density at radius 1 is 1.10 bits per heavy atom. The van der Waals surface area contributed by atoms with Crippen LogP contribution in [-0.4, -0.2) is 37.6 Å². The first-order chi connectivity index (χ1) is 9.64. The zero-order valence-corrected chi connectivity index (χ0v) is 12.9. The minimum atomic E-state index is -3.96. The van der Waals surface area contributed by atoms with Crippen molar-refractivity contribution in [2.75, 3.05) is 18.8 Å². The van der Waals surface area contributed by atoms with Crippen LogP contribution in [0.2, 0.25) is 0 Å². The molecule has 1 heterocycles. The van der Waals surface area contributed by atoms with Crippen molar-refractivity contribution in [3.05, 3.63) is 22.8 Å². The fourth-order valence-corrected chi connectivity index (χ4v) is 4.28. The molecule has 0 atom stereocenters. The Kier molecular flexibility index (Phi) is 3.77. The van der Waals surface area contributed by atoms with Crippen LogP contribution in [0.5, 0.6) is 0 Å². The summed E-state index contributed by atoms with van der Waals surface area (Å²) in [6, 6.07) is 1.68. The number of amides is 2. The zero-order chi connectivity index (χ0) is 15.9. The van der Waals surface area contributed by atoms with Gasteiger partial charge in [-0.2, -0.15) is 4.31 Å². The lowest BCUT2D eigenvalue weighted by Crippen LogP contribution is -2.53. The summed E-state index contributed by atoms with van der Waals surface area (Å²) < 4.78 is 26.3. The molecule has 114 valence electrons. The fraction of sp³-hybridized carbons (Fsp3) is 0.385. The normalized spacial score (nSPS) is 16.9. The summed E-state index contributed by atoms with van der Waals surface area (Å²) in [6.45, 7) is 4.33. The van der Waals surface area contributed by atoms with E-state index in [4.69, 9.17) is 5.73 Å². The lowest BCUT2D eigenvalue weighted by molar-refractivity contribution is -0.134. The number of rotatable bonds is 2. The molecule has 2 amide bonds. The minimum Gasteiger partial charge on any atom is -0.398 e. The highest BCUT2D eigenvalue weighted by Gasteiger charge is 2.35. The molecular formula is C13H17N3O4S.